The van der Waals surface area contributed by atoms with Crippen LogP contribution in [0.1, 0.15) is 35.5 Å². The summed E-state index contributed by atoms with van der Waals surface area (Å²) in [6.45, 7) is 9.78. The van der Waals surface area contributed by atoms with E-state index >= 15 is 0 Å². The number of hydrogen-bond donors (Lipinski definition) is 2. The monoisotopic (exact) mass is 670 g/mol. The van der Waals surface area contributed by atoms with Gasteiger partial charge in [0.2, 0.25) is 5.91 Å². The van der Waals surface area contributed by atoms with Crippen LogP contribution < -0.4 is 15.5 Å². The molecule has 1 saturated heterocycles. The van der Waals surface area contributed by atoms with Crippen molar-refractivity contribution in [3.63, 3.8) is 0 Å². The van der Waals surface area contributed by atoms with Gasteiger partial charge in [0.25, 0.3) is 11.8 Å². The van der Waals surface area contributed by atoms with E-state index in [0.29, 0.717) is 31.1 Å². The maximum absolute atomic E-state index is 13.1. The normalized spacial score (nSPS) is 16.2. The highest BCUT2D eigenvalue weighted by molar-refractivity contribution is 6.03. The SMILES string of the molecule is C=C(C(=O)NCc1ccccc1)C(C)N(C)C1COC1.CCN1C(=O)C(NC(=O)c2ccn(CCF)n2)Cc2cnn(-c3ccccc3)c21. The second-order valence-electron chi connectivity index (χ2n) is 11.9. The summed E-state index contributed by atoms with van der Waals surface area (Å²) >= 11 is 0. The Bertz CT molecular complexity index is 1740. The third-order valence-electron chi connectivity index (χ3n) is 8.77. The third kappa shape index (κ3) is 8.30. The minimum atomic E-state index is -0.713. The Hall–Kier alpha value is -5.14. The molecule has 2 unspecified atom stereocenters. The zero-order valence-corrected chi connectivity index (χ0v) is 28.1. The van der Waals surface area contributed by atoms with Crippen molar-refractivity contribution in [1.82, 2.24) is 35.1 Å². The molecule has 258 valence electrons. The minimum absolute atomic E-state index is 0.0136. The quantitative estimate of drug-likeness (QED) is 0.222. The van der Waals surface area contributed by atoms with E-state index in [-0.39, 0.29) is 30.1 Å². The summed E-state index contributed by atoms with van der Waals surface area (Å²) in [6, 6.07) is 20.7. The number of likely N-dealkylation sites (N-methyl/N-ethyl adjacent to an activating group) is 2. The van der Waals surface area contributed by atoms with Crippen LogP contribution in [0.15, 0.2) is 91.3 Å². The van der Waals surface area contributed by atoms with Gasteiger partial charge in [-0.05, 0) is 44.7 Å². The molecule has 0 bridgehead atoms. The molecule has 3 amide bonds. The Balaban J connectivity index is 0.000000205. The summed E-state index contributed by atoms with van der Waals surface area (Å²) in [7, 11) is 2.01. The topological polar surface area (TPSA) is 127 Å². The number of alkyl halides is 1. The number of halogens is 1. The number of para-hydroxylation sites is 1. The van der Waals surface area contributed by atoms with Crippen LogP contribution in [-0.4, -0.2) is 93.8 Å². The Labute approximate surface area is 285 Å². The number of carbonyl (C=O) groups is 3. The van der Waals surface area contributed by atoms with Crippen molar-refractivity contribution in [2.75, 3.05) is 38.4 Å². The van der Waals surface area contributed by atoms with E-state index in [9.17, 15) is 18.8 Å². The van der Waals surface area contributed by atoms with Crippen LogP contribution in [0.2, 0.25) is 0 Å². The van der Waals surface area contributed by atoms with E-state index in [1.165, 1.54) is 16.9 Å². The van der Waals surface area contributed by atoms with Gasteiger partial charge in [0.05, 0.1) is 37.7 Å². The number of benzene rings is 2. The van der Waals surface area contributed by atoms with Crippen molar-refractivity contribution in [2.45, 2.75) is 51.5 Å². The number of amides is 3. The smallest absolute Gasteiger partial charge is 0.272 e. The molecule has 0 spiro atoms. The first-order valence-corrected chi connectivity index (χ1v) is 16.4. The lowest BCUT2D eigenvalue weighted by Gasteiger charge is -2.38. The van der Waals surface area contributed by atoms with Crippen molar-refractivity contribution in [1.29, 1.82) is 0 Å². The number of aryl methyl sites for hydroxylation is 1. The third-order valence-corrected chi connectivity index (χ3v) is 8.77. The summed E-state index contributed by atoms with van der Waals surface area (Å²) in [5.74, 6) is -0.0278. The lowest BCUT2D eigenvalue weighted by Crippen LogP contribution is -2.53. The number of hydrogen-bond acceptors (Lipinski definition) is 7. The van der Waals surface area contributed by atoms with E-state index in [1.54, 1.807) is 15.8 Å². The highest BCUT2D eigenvalue weighted by Crippen LogP contribution is 2.30. The van der Waals surface area contributed by atoms with Crippen LogP contribution >= 0.6 is 0 Å². The molecular weight excluding hydrogens is 627 g/mol. The Morgan fingerprint density at radius 2 is 1.80 bits per heavy atom. The van der Waals surface area contributed by atoms with Gasteiger partial charge in [-0.2, -0.15) is 10.2 Å². The zero-order valence-electron chi connectivity index (χ0n) is 28.1. The van der Waals surface area contributed by atoms with Crippen molar-refractivity contribution in [2.24, 2.45) is 0 Å². The predicted octanol–water partition coefficient (Wildman–Crippen LogP) is 3.32. The molecule has 0 radical (unpaired) electrons. The van der Waals surface area contributed by atoms with E-state index in [0.717, 1.165) is 35.8 Å². The standard InChI is InChI=1S/C20H21FN6O2.C16H22N2O2/c1-2-26-19-14(13-22-27(19)15-6-4-3-5-7-15)12-17(20(26)29)23-18(28)16-8-10-25(24-16)11-9-21;1-12(13(2)18(3)15-10-20-11-15)16(19)17-9-14-7-5-4-6-8-14/h3-8,10,13,17H,2,9,11-12H2,1H3,(H,23,28);4-8,13,15H,1,9-11H2,2-3H3,(H,17,19). The average Bonchev–Trinajstić information content (AvgIpc) is 3.75. The summed E-state index contributed by atoms with van der Waals surface area (Å²) in [5.41, 5.74) is 3.57. The number of anilines is 1. The molecule has 0 aliphatic carbocycles. The van der Waals surface area contributed by atoms with Crippen molar-refractivity contribution in [3.05, 3.63) is 108 Å². The summed E-state index contributed by atoms with van der Waals surface area (Å²) in [6.07, 6.45) is 3.61. The lowest BCUT2D eigenvalue weighted by molar-refractivity contribution is -0.121. The van der Waals surface area contributed by atoms with Gasteiger partial charge in [-0.15, -0.1) is 0 Å². The van der Waals surface area contributed by atoms with Gasteiger partial charge in [-0.3, -0.25) is 28.9 Å². The Morgan fingerprint density at radius 3 is 2.43 bits per heavy atom. The summed E-state index contributed by atoms with van der Waals surface area (Å²) in [5, 5.41) is 14.2. The molecule has 1 fully saturated rings. The van der Waals surface area contributed by atoms with Gasteiger partial charge in [0.1, 0.15) is 24.2 Å². The van der Waals surface area contributed by atoms with E-state index in [1.807, 2.05) is 81.6 Å². The number of nitrogens with one attached hydrogen (secondary N) is 2. The first-order chi connectivity index (χ1) is 23.7. The molecule has 4 heterocycles. The predicted molar refractivity (Wildman–Crippen MR) is 184 cm³/mol. The molecule has 12 nitrogen and oxygen atoms in total. The van der Waals surface area contributed by atoms with Gasteiger partial charge in [-0.25, -0.2) is 9.07 Å². The first kappa shape index (κ1) is 35.2. The largest absolute Gasteiger partial charge is 0.378 e. The van der Waals surface area contributed by atoms with Crippen molar-refractivity contribution < 1.29 is 23.5 Å². The number of rotatable bonds is 12. The maximum atomic E-state index is 13.1. The number of nitrogens with zero attached hydrogens (tertiary/aromatic N) is 6. The van der Waals surface area contributed by atoms with Crippen LogP contribution in [0.4, 0.5) is 10.2 Å². The highest BCUT2D eigenvalue weighted by atomic mass is 19.1. The first-order valence-electron chi connectivity index (χ1n) is 16.4. The van der Waals surface area contributed by atoms with E-state index < -0.39 is 18.6 Å². The van der Waals surface area contributed by atoms with Gasteiger partial charge in [0, 0.05) is 42.9 Å². The fourth-order valence-corrected chi connectivity index (χ4v) is 5.61. The lowest BCUT2D eigenvalue weighted by atomic mass is 10.0. The van der Waals surface area contributed by atoms with E-state index in [4.69, 9.17) is 4.74 Å². The van der Waals surface area contributed by atoms with Gasteiger partial charge in [0.15, 0.2) is 0 Å². The molecule has 2 atom stereocenters. The van der Waals surface area contributed by atoms with Crippen LogP contribution in [-0.2, 0) is 33.8 Å². The molecular formula is C36H43FN8O4. The fraction of sp³-hybridized carbons (Fsp3) is 0.361. The van der Waals surface area contributed by atoms with Crippen LogP contribution in [0, 0.1) is 0 Å². The molecule has 49 heavy (non-hydrogen) atoms. The van der Waals surface area contributed by atoms with Crippen LogP contribution in [0.3, 0.4) is 0 Å². The molecule has 0 saturated carbocycles. The second-order valence-corrected chi connectivity index (χ2v) is 11.9. The van der Waals surface area contributed by atoms with Gasteiger partial charge in [-0.1, -0.05) is 55.1 Å². The molecule has 4 aromatic rings. The molecule has 2 aliphatic heterocycles. The number of ether oxygens (including phenoxy) is 1. The summed E-state index contributed by atoms with van der Waals surface area (Å²) in [4.78, 5) is 41.5. The van der Waals surface area contributed by atoms with Crippen LogP contribution in [0.5, 0.6) is 0 Å². The second kappa shape index (κ2) is 16.3. The van der Waals surface area contributed by atoms with Crippen molar-refractivity contribution in [3.8, 4) is 5.69 Å². The zero-order chi connectivity index (χ0) is 34.9. The Morgan fingerprint density at radius 1 is 1.10 bits per heavy atom. The van der Waals surface area contributed by atoms with Gasteiger partial charge >= 0.3 is 0 Å². The van der Waals surface area contributed by atoms with Gasteiger partial charge < -0.3 is 15.4 Å². The average molecular weight is 671 g/mol. The minimum Gasteiger partial charge on any atom is -0.378 e. The highest BCUT2D eigenvalue weighted by Gasteiger charge is 2.36. The molecule has 2 aromatic heterocycles. The number of carbonyl (C=O) groups excluding carboxylic acids is 3. The van der Waals surface area contributed by atoms with Crippen molar-refractivity contribution >= 4 is 23.5 Å². The molecule has 6 rings (SSSR count). The Kier molecular flexibility index (Phi) is 11.7. The fourth-order valence-electron chi connectivity index (χ4n) is 5.61. The maximum Gasteiger partial charge on any atom is 0.272 e. The van der Waals surface area contributed by atoms with Crippen LogP contribution in [0.25, 0.3) is 5.69 Å². The molecule has 2 aromatic carbocycles. The number of aromatic nitrogens is 4. The molecule has 2 N–H and O–H groups in total. The molecule has 2 aliphatic rings. The van der Waals surface area contributed by atoms with E-state index in [2.05, 4.69) is 32.3 Å². The molecule has 13 heteroatoms. The summed E-state index contributed by atoms with van der Waals surface area (Å²) < 4.78 is 20.7. The number of fused-ring (bicyclic) bond motifs is 1.